The molecule has 0 N–H and O–H groups in total. The average Bonchev–Trinajstić information content (AvgIpc) is 1.88. The molecule has 4 heteroatoms. The Hall–Kier alpha value is -0.830. The summed E-state index contributed by atoms with van der Waals surface area (Å²) >= 11 is 5.51. The highest BCUT2D eigenvalue weighted by Gasteiger charge is 2.05. The molecule has 1 aliphatic rings. The third kappa shape index (κ3) is 1.54. The molecular formula is C5H4ClN2O. The molecule has 3 nitrogen and oxygen atoms in total. The van der Waals surface area contributed by atoms with Crippen molar-refractivity contribution in [2.75, 3.05) is 0 Å². The van der Waals surface area contributed by atoms with E-state index >= 15 is 0 Å². The molecule has 0 aliphatic carbocycles. The van der Waals surface area contributed by atoms with E-state index in [4.69, 9.17) is 21.9 Å². The van der Waals surface area contributed by atoms with Crippen molar-refractivity contribution in [2.24, 2.45) is 5.11 Å². The molecule has 1 aliphatic heterocycles. The first-order valence-electron chi connectivity index (χ1n) is 2.36. The zero-order valence-corrected chi connectivity index (χ0v) is 5.25. The van der Waals surface area contributed by atoms with Crippen LogP contribution in [-0.2, 0) is 4.74 Å². The predicted octanol–water partition coefficient (Wildman–Crippen LogP) is 1.23. The minimum Gasteiger partial charge on any atom is -0.471 e. The van der Waals surface area contributed by atoms with Crippen molar-refractivity contribution in [2.45, 2.75) is 6.23 Å². The summed E-state index contributed by atoms with van der Waals surface area (Å²) in [6, 6.07) is 0. The molecule has 0 bridgehead atoms. The third-order valence-corrected chi connectivity index (χ3v) is 1.11. The lowest BCUT2D eigenvalue weighted by Gasteiger charge is -2.07. The maximum absolute atomic E-state index is 8.17. The molecule has 9 heavy (non-hydrogen) atoms. The highest BCUT2D eigenvalue weighted by Crippen LogP contribution is 2.12. The van der Waals surface area contributed by atoms with Gasteiger partial charge in [-0.2, -0.15) is 0 Å². The first kappa shape index (κ1) is 6.29. The molecule has 0 aromatic heterocycles. The number of allylic oxidation sites excluding steroid dienone is 2. The molecule has 0 spiro atoms. The molecule has 1 radical (unpaired) electrons. The van der Waals surface area contributed by atoms with Crippen molar-refractivity contribution in [3.05, 3.63) is 23.4 Å². The van der Waals surface area contributed by atoms with Gasteiger partial charge in [0.05, 0.1) is 6.26 Å². The second-order valence-electron chi connectivity index (χ2n) is 1.50. The van der Waals surface area contributed by atoms with Crippen LogP contribution in [0.2, 0.25) is 0 Å². The second-order valence-corrected chi connectivity index (χ2v) is 1.93. The summed E-state index contributed by atoms with van der Waals surface area (Å²) in [7, 11) is 0. The summed E-state index contributed by atoms with van der Waals surface area (Å²) in [6.45, 7) is 0. The van der Waals surface area contributed by atoms with Crippen LogP contribution in [0.4, 0.5) is 0 Å². The Labute approximate surface area is 57.5 Å². The van der Waals surface area contributed by atoms with Crippen LogP contribution in [0.15, 0.2) is 28.6 Å². The fraction of sp³-hybridized carbons (Fsp3) is 0.200. The maximum atomic E-state index is 8.17. The molecule has 0 amide bonds. The highest BCUT2D eigenvalue weighted by atomic mass is 35.5. The Bertz CT molecular complexity index is 176. The van der Waals surface area contributed by atoms with Gasteiger partial charge in [0.1, 0.15) is 0 Å². The van der Waals surface area contributed by atoms with Crippen LogP contribution in [0.25, 0.3) is 0 Å². The van der Waals surface area contributed by atoms with Crippen molar-refractivity contribution >= 4 is 11.6 Å². The van der Waals surface area contributed by atoms with Crippen molar-refractivity contribution < 1.29 is 4.74 Å². The van der Waals surface area contributed by atoms with Crippen molar-refractivity contribution in [3.8, 4) is 0 Å². The summed E-state index contributed by atoms with van der Waals surface area (Å²) in [5.74, 6) is 0. The third-order valence-electron chi connectivity index (χ3n) is 0.861. The normalized spacial score (nSPS) is 24.6. The van der Waals surface area contributed by atoms with Crippen LogP contribution in [0.3, 0.4) is 0 Å². The van der Waals surface area contributed by atoms with Crippen LogP contribution in [-0.4, -0.2) is 6.23 Å². The summed E-state index contributed by atoms with van der Waals surface area (Å²) in [5.41, 5.74) is 8.17. The van der Waals surface area contributed by atoms with E-state index < -0.39 is 6.23 Å². The van der Waals surface area contributed by atoms with E-state index in [-0.39, 0.29) is 0 Å². The van der Waals surface area contributed by atoms with Gasteiger partial charge in [-0.25, -0.2) is 0 Å². The van der Waals surface area contributed by atoms with E-state index in [2.05, 4.69) is 5.11 Å². The van der Waals surface area contributed by atoms with Gasteiger partial charge in [0.2, 0.25) is 6.23 Å². The Balaban J connectivity index is 2.65. The van der Waals surface area contributed by atoms with Crippen molar-refractivity contribution in [3.63, 3.8) is 0 Å². The second kappa shape index (κ2) is 2.64. The van der Waals surface area contributed by atoms with Gasteiger partial charge in [-0.3, -0.25) is 0 Å². The molecule has 1 rings (SSSR count). The van der Waals surface area contributed by atoms with Gasteiger partial charge in [-0.1, -0.05) is 11.6 Å². The van der Waals surface area contributed by atoms with Crippen LogP contribution >= 0.6 is 11.6 Å². The molecule has 0 aromatic rings. The average molecular weight is 144 g/mol. The van der Waals surface area contributed by atoms with Crippen LogP contribution < -0.4 is 5.53 Å². The van der Waals surface area contributed by atoms with Gasteiger partial charge in [0.15, 0.2) is 0 Å². The molecule has 47 valence electrons. The van der Waals surface area contributed by atoms with Crippen LogP contribution in [0.1, 0.15) is 0 Å². The molecule has 0 aromatic carbocycles. The van der Waals surface area contributed by atoms with E-state index in [0.717, 1.165) is 0 Å². The zero-order valence-electron chi connectivity index (χ0n) is 4.49. The van der Waals surface area contributed by atoms with Gasteiger partial charge in [-0.05, 0) is 17.7 Å². The fourth-order valence-corrected chi connectivity index (χ4v) is 0.636. The van der Waals surface area contributed by atoms with Gasteiger partial charge in [0.25, 0.3) is 0 Å². The predicted molar refractivity (Wildman–Crippen MR) is 32.5 cm³/mol. The fourth-order valence-electron chi connectivity index (χ4n) is 0.476. The number of halogens is 1. The van der Waals surface area contributed by atoms with E-state index in [1.54, 1.807) is 6.08 Å². The quantitative estimate of drug-likeness (QED) is 0.509. The molecule has 1 atom stereocenters. The number of rotatable bonds is 1. The van der Waals surface area contributed by atoms with E-state index in [9.17, 15) is 0 Å². The lowest BCUT2D eigenvalue weighted by molar-refractivity contribution is 0.184. The van der Waals surface area contributed by atoms with E-state index in [1.807, 2.05) is 0 Å². The van der Waals surface area contributed by atoms with Crippen LogP contribution in [0, 0.1) is 0 Å². The summed E-state index contributed by atoms with van der Waals surface area (Å²) < 4.78 is 4.74. The smallest absolute Gasteiger partial charge is 0.230 e. The van der Waals surface area contributed by atoms with Gasteiger partial charge in [-0.15, -0.1) is 5.11 Å². The van der Waals surface area contributed by atoms with Crippen LogP contribution in [0.5, 0.6) is 0 Å². The summed E-state index contributed by atoms with van der Waals surface area (Å²) in [5, 5.41) is 3.38. The first-order valence-corrected chi connectivity index (χ1v) is 2.74. The highest BCUT2D eigenvalue weighted by molar-refractivity contribution is 6.31. The molecule has 0 fully saturated rings. The SMILES string of the molecule is [N]=NC1C=C(Cl)C=CO1. The van der Waals surface area contributed by atoms with Gasteiger partial charge in [0, 0.05) is 5.03 Å². The standard InChI is InChI=1S/C5H4ClN2O/c6-4-1-2-9-5(3-4)8-7/h1-3,5H. The Kier molecular flexibility index (Phi) is 1.85. The lowest BCUT2D eigenvalue weighted by Crippen LogP contribution is -2.04. The zero-order chi connectivity index (χ0) is 6.69. The van der Waals surface area contributed by atoms with E-state index in [0.29, 0.717) is 5.03 Å². The van der Waals surface area contributed by atoms with E-state index in [1.165, 1.54) is 12.3 Å². The topological polar surface area (TPSA) is 43.9 Å². The largest absolute Gasteiger partial charge is 0.471 e. The number of nitrogens with zero attached hydrogens (tertiary/aromatic N) is 2. The molecule has 1 unspecified atom stereocenters. The molecule has 1 heterocycles. The monoisotopic (exact) mass is 143 g/mol. The number of hydrogen-bond donors (Lipinski definition) is 0. The minimum absolute atomic E-state index is 0.518. The molecular weight excluding hydrogens is 140 g/mol. The molecule has 0 saturated heterocycles. The van der Waals surface area contributed by atoms with Crippen molar-refractivity contribution in [1.29, 1.82) is 0 Å². The maximum Gasteiger partial charge on any atom is 0.230 e. The van der Waals surface area contributed by atoms with Gasteiger partial charge >= 0.3 is 0 Å². The Morgan fingerprint density at radius 1 is 1.78 bits per heavy atom. The Morgan fingerprint density at radius 2 is 2.56 bits per heavy atom. The number of ether oxygens (including phenoxy) is 1. The Morgan fingerprint density at radius 3 is 3.00 bits per heavy atom. The summed E-state index contributed by atoms with van der Waals surface area (Å²) in [6.07, 6.45) is 3.81. The van der Waals surface area contributed by atoms with Gasteiger partial charge < -0.3 is 4.74 Å². The lowest BCUT2D eigenvalue weighted by atomic mass is 10.4. The summed E-state index contributed by atoms with van der Waals surface area (Å²) in [4.78, 5) is 0. The minimum atomic E-state index is -0.637. The number of hydrogen-bond acceptors (Lipinski definition) is 2. The first-order chi connectivity index (χ1) is 4.33. The van der Waals surface area contributed by atoms with Crippen molar-refractivity contribution in [1.82, 2.24) is 5.53 Å². The molecule has 0 saturated carbocycles.